The van der Waals surface area contributed by atoms with E-state index in [1.807, 2.05) is 252 Å². The van der Waals surface area contributed by atoms with E-state index >= 15 is 0 Å². The fraction of sp³-hybridized carbons (Fsp3) is 0.191. The third-order valence-corrected chi connectivity index (χ3v) is 17.7. The maximum atomic E-state index is 9.20. The summed E-state index contributed by atoms with van der Waals surface area (Å²) in [6.45, 7) is 43.8. The van der Waals surface area contributed by atoms with E-state index in [1.165, 1.54) is 24.8 Å². The smallest absolute Gasteiger partial charge is 0.262 e. The number of aromatic nitrogens is 8. The molecule has 12 aromatic rings. The fourth-order valence-electron chi connectivity index (χ4n) is 11.3. The summed E-state index contributed by atoms with van der Waals surface area (Å²) in [4.78, 5) is 13.1. The second-order valence-corrected chi connectivity index (χ2v) is 26.3. The molecule has 4 heterocycles. The van der Waals surface area contributed by atoms with Crippen LogP contribution in [0.1, 0.15) is 112 Å². The van der Waals surface area contributed by atoms with Gasteiger partial charge in [-0.05, 0) is 222 Å². The predicted molar refractivity (Wildman–Crippen MR) is 453 cm³/mol. The molecule has 0 aliphatic heterocycles. The number of allylic oxidation sites excluding steroid dienone is 4. The molecule has 0 aliphatic rings. The van der Waals surface area contributed by atoms with Crippen LogP contribution in [0.5, 0.6) is 23.0 Å². The molecule has 20 nitrogen and oxygen atoms in total. The largest absolute Gasteiger partial charge is 0.494 e. The van der Waals surface area contributed by atoms with Gasteiger partial charge in [0.25, 0.3) is 22.8 Å². The summed E-state index contributed by atoms with van der Waals surface area (Å²) < 4.78 is 29.8. The van der Waals surface area contributed by atoms with Crippen LogP contribution in [0.15, 0.2) is 248 Å². The zero-order chi connectivity index (χ0) is 81.7. The number of halogens is 1. The first-order valence-corrected chi connectivity index (χ1v) is 37.8. The van der Waals surface area contributed by atoms with Crippen LogP contribution in [0, 0.1) is 85.5 Å². The molecule has 0 N–H and O–H groups in total. The monoisotopic (exact) mass is 1530 g/mol. The molecule has 0 radical (unpaired) electrons. The van der Waals surface area contributed by atoms with E-state index in [4.69, 9.17) is 87.9 Å². The van der Waals surface area contributed by atoms with Crippen LogP contribution in [0.4, 0.5) is 0 Å². The third kappa shape index (κ3) is 24.5. The minimum absolute atomic E-state index is 0.00132. The van der Waals surface area contributed by atoms with Gasteiger partial charge >= 0.3 is 0 Å². The molecule has 570 valence electrons. The molecule has 0 aliphatic carbocycles. The molecule has 0 amide bonds. The Kier molecular flexibility index (Phi) is 32.1. The minimum Gasteiger partial charge on any atom is -0.494 e. The first kappa shape index (κ1) is 84.0. The first-order chi connectivity index (χ1) is 56.2. The average Bonchev–Trinajstić information content (AvgIpc) is 1.68. The van der Waals surface area contributed by atoms with Gasteiger partial charge in [-0.2, -0.15) is 20.4 Å². The van der Waals surface area contributed by atoms with Gasteiger partial charge in [-0.1, -0.05) is 118 Å². The van der Waals surface area contributed by atoms with Gasteiger partial charge in [0.2, 0.25) is 0 Å². The average molecular weight is 1540 g/mol. The Hall–Kier alpha value is -15.0. The maximum Gasteiger partial charge on any atom is 0.262 e. The van der Waals surface area contributed by atoms with Gasteiger partial charge < -0.3 is 18.9 Å². The van der Waals surface area contributed by atoms with E-state index in [0.29, 0.717) is 65.4 Å². The molecular weight excluding hydrogens is 1450 g/mol. The summed E-state index contributed by atoms with van der Waals surface area (Å²) in [6.07, 6.45) is 22.5. The molecule has 8 aromatic carbocycles. The summed E-state index contributed by atoms with van der Waals surface area (Å²) in [7, 11) is 0. The summed E-state index contributed by atoms with van der Waals surface area (Å²) in [5.41, 5.74) is 15.2. The molecule has 0 saturated heterocycles. The SMILES string of the molecule is [C-]#[N+]/C(C#N)=C/c1cn(-c2ccc(C)cc2)nc1-c1ccc(OCC)cc1.[C-]#[N+]/C(C#N)=C/c1cn(-c2ccc(C)cc2)nc1-c1ccc(OCCCCCC)cc1.[C-]#[N+]/C(C#N)=C/c1cn(-c2ccc(Cl)cc2)nc1-c1ccc(OCCCC)cc1.[C-]#[N+]/C(C#N)=C/c1cn(-c2ccccc2)nc1-c1ccc(OCCCC)cc1. The molecule has 0 fully saturated rings. The second kappa shape index (κ2) is 44.0. The lowest BCUT2D eigenvalue weighted by Gasteiger charge is -2.07. The molecule has 0 atom stereocenters. The van der Waals surface area contributed by atoms with Crippen LogP contribution in [0.3, 0.4) is 0 Å². The Morgan fingerprint density at radius 3 is 0.887 bits per heavy atom. The van der Waals surface area contributed by atoms with Crippen molar-refractivity contribution in [3.05, 3.63) is 332 Å². The van der Waals surface area contributed by atoms with Gasteiger partial charge in [0, 0.05) is 74.3 Å². The summed E-state index contributed by atoms with van der Waals surface area (Å²) in [6, 6.07) is 71.5. The van der Waals surface area contributed by atoms with Crippen molar-refractivity contribution in [1.82, 2.24) is 39.1 Å². The quantitative estimate of drug-likeness (QED) is 0.0254. The number of rotatable bonds is 28. The molecule has 115 heavy (non-hydrogen) atoms. The number of para-hydroxylation sites is 1. The summed E-state index contributed by atoms with van der Waals surface area (Å²) >= 11 is 5.98. The molecule has 4 aromatic heterocycles. The second-order valence-electron chi connectivity index (χ2n) is 25.8. The lowest BCUT2D eigenvalue weighted by atomic mass is 10.1. The van der Waals surface area contributed by atoms with E-state index in [2.05, 4.69) is 45.2 Å². The van der Waals surface area contributed by atoms with Gasteiger partial charge in [0.05, 0.1) is 123 Å². The number of hydrogen-bond acceptors (Lipinski definition) is 12. The fourth-order valence-corrected chi connectivity index (χ4v) is 11.4. The lowest BCUT2D eigenvalue weighted by molar-refractivity contribution is 0.305. The van der Waals surface area contributed by atoms with Crippen LogP contribution in [0.2, 0.25) is 5.02 Å². The highest BCUT2D eigenvalue weighted by Crippen LogP contribution is 2.34. The molecule has 0 bridgehead atoms. The van der Waals surface area contributed by atoms with Crippen molar-refractivity contribution in [3.63, 3.8) is 0 Å². The number of nitriles is 4. The summed E-state index contributed by atoms with van der Waals surface area (Å²) in [5, 5.41) is 56.1. The van der Waals surface area contributed by atoms with Crippen molar-refractivity contribution in [3.8, 4) is 115 Å². The first-order valence-electron chi connectivity index (χ1n) is 37.4. The van der Waals surface area contributed by atoms with Gasteiger partial charge in [-0.15, -0.1) is 0 Å². The van der Waals surface area contributed by atoms with Crippen molar-refractivity contribution in [2.75, 3.05) is 26.4 Å². The minimum atomic E-state index is 0.00132. The molecule has 21 heteroatoms. The highest BCUT2D eigenvalue weighted by atomic mass is 35.5. The number of hydrogen-bond donors (Lipinski definition) is 0. The summed E-state index contributed by atoms with van der Waals surface area (Å²) in [5.74, 6) is 3.23. The van der Waals surface area contributed by atoms with Crippen LogP contribution in [-0.4, -0.2) is 65.5 Å². The number of nitrogens with zero attached hydrogens (tertiary/aromatic N) is 16. The normalized spacial score (nSPS) is 10.9. The molecule has 0 spiro atoms. The standard InChI is InChI=1S/C26H26N4O.C23H19ClN4O.C23H20N4O.C22H18N4O/c1-4-5-6-7-16-31-25-14-10-21(11-15-25)26-22(17-23(18-27)28-3)19-30(29-26)24-12-8-20(2)9-13-24;1-3-4-13-29-22-11-5-17(6-12-22)23-18(14-20(15-25)26-2)16-28(27-23)21-9-7-19(24)8-10-21;1-3-4-14-28-22-12-10-18(11-13-22)23-19(15-20(16-24)25-2)17-27(26-23)21-8-6-5-7-9-21;1-4-27-21-11-7-17(8-12-21)22-18(13-19(14-23)24-3)15-26(25-22)20-9-5-16(2)6-10-20/h8-15,17,19H,4-7,16H2,1-2H3;5-12,14,16H,3-4,13H2,1H3;5-13,15,17H,3-4,14H2,1H3;5-13,15H,4H2,1-2H3/b23-17+;20-14+;20-15+;19-13+. The van der Waals surface area contributed by atoms with Crippen molar-refractivity contribution in [2.24, 2.45) is 0 Å². The van der Waals surface area contributed by atoms with Crippen LogP contribution >= 0.6 is 11.6 Å². The molecule has 12 rings (SSSR count). The topological polar surface area (TPSA) is 221 Å². The molecular formula is C94H83ClN16O4. The van der Waals surface area contributed by atoms with Crippen LogP contribution < -0.4 is 18.9 Å². The van der Waals surface area contributed by atoms with Gasteiger partial charge in [-0.25, -0.2) is 59.2 Å². The third-order valence-electron chi connectivity index (χ3n) is 17.4. The predicted octanol–water partition coefficient (Wildman–Crippen LogP) is 23.3. The van der Waals surface area contributed by atoms with Gasteiger partial charge in [0.1, 0.15) is 23.0 Å². The van der Waals surface area contributed by atoms with E-state index in [1.54, 1.807) is 61.4 Å². The van der Waals surface area contributed by atoms with Crippen LogP contribution in [-0.2, 0) is 0 Å². The number of aryl methyl sites for hydroxylation is 2. The number of unbranched alkanes of at least 4 members (excludes halogenated alkanes) is 5. The Labute approximate surface area is 677 Å². The highest BCUT2D eigenvalue weighted by molar-refractivity contribution is 6.30. The van der Waals surface area contributed by atoms with Crippen molar-refractivity contribution >= 4 is 35.9 Å². The van der Waals surface area contributed by atoms with E-state index < -0.39 is 0 Å². The molecule has 0 unspecified atom stereocenters. The van der Waals surface area contributed by atoms with E-state index in [9.17, 15) is 5.26 Å². The van der Waals surface area contributed by atoms with Crippen molar-refractivity contribution < 1.29 is 18.9 Å². The van der Waals surface area contributed by atoms with E-state index in [-0.39, 0.29) is 22.8 Å². The van der Waals surface area contributed by atoms with Crippen molar-refractivity contribution in [1.29, 1.82) is 21.0 Å². The zero-order valence-electron chi connectivity index (χ0n) is 64.8. The van der Waals surface area contributed by atoms with Gasteiger partial charge in [-0.3, -0.25) is 0 Å². The Bertz CT molecular complexity index is 5630. The Morgan fingerprint density at radius 2 is 0.617 bits per heavy atom. The van der Waals surface area contributed by atoms with E-state index in [0.717, 1.165) is 117 Å². The van der Waals surface area contributed by atoms with Crippen molar-refractivity contribution in [2.45, 2.75) is 92.9 Å². The maximum absolute atomic E-state index is 9.20. The van der Waals surface area contributed by atoms with Gasteiger partial charge in [0.15, 0.2) is 0 Å². The lowest BCUT2D eigenvalue weighted by Crippen LogP contribution is -1.97. The Morgan fingerprint density at radius 1 is 0.348 bits per heavy atom. The highest BCUT2D eigenvalue weighted by Gasteiger charge is 2.18. The van der Waals surface area contributed by atoms with Crippen LogP contribution in [0.25, 0.3) is 111 Å². The zero-order valence-corrected chi connectivity index (χ0v) is 65.6. The number of benzene rings is 8. The number of ether oxygens (including phenoxy) is 4. The Balaban J connectivity index is 0.000000176. The molecule has 0 saturated carbocycles.